The van der Waals surface area contributed by atoms with E-state index in [-0.39, 0.29) is 22.6 Å². The number of azide groups is 1. The average Bonchev–Trinajstić information content (AvgIpc) is 2.75. The third-order valence-electron chi connectivity index (χ3n) is 5.73. The number of hydrogen-bond donors (Lipinski definition) is 0. The van der Waals surface area contributed by atoms with E-state index in [0.717, 1.165) is 17.1 Å². The van der Waals surface area contributed by atoms with Crippen LogP contribution in [-0.4, -0.2) is 30.5 Å². The van der Waals surface area contributed by atoms with Crippen molar-refractivity contribution in [1.82, 2.24) is 4.31 Å². The predicted octanol–water partition coefficient (Wildman–Crippen LogP) is 2.26. The van der Waals surface area contributed by atoms with Crippen LogP contribution in [-0.2, 0) is 10.0 Å². The van der Waals surface area contributed by atoms with Crippen LogP contribution in [0.4, 0.5) is 4.79 Å². The van der Waals surface area contributed by atoms with Gasteiger partial charge in [-0.05, 0) is 36.1 Å². The van der Waals surface area contributed by atoms with Crippen LogP contribution in [0.2, 0.25) is 0 Å². The molecule has 0 aromatic carbocycles. The maximum Gasteiger partial charge on any atom is 0.324 e. The van der Waals surface area contributed by atoms with Gasteiger partial charge in [0, 0.05) is 15.4 Å². The Morgan fingerprint density at radius 1 is 1.47 bits per heavy atom. The van der Waals surface area contributed by atoms with Gasteiger partial charge in [-0.15, -0.1) is 0 Å². The standard InChI is InChI=1S/C11H16N4O3S/c1-10(2)7-3-4-11(10)6-19(17,18)15(8(11)5-7)9(16)13-14-12/h7-8H,3-6H2,1-2H3/t7-,8-,11-/m1/s1. The molecule has 0 unspecified atom stereocenters. The molecule has 0 N–H and O–H groups in total. The highest BCUT2D eigenvalue weighted by Crippen LogP contribution is 2.69. The normalized spacial score (nSPS) is 40.8. The summed E-state index contributed by atoms with van der Waals surface area (Å²) in [5, 5.41) is 2.98. The van der Waals surface area contributed by atoms with Gasteiger partial charge in [-0.25, -0.2) is 12.7 Å². The molecule has 0 aromatic rings. The van der Waals surface area contributed by atoms with E-state index in [2.05, 4.69) is 23.9 Å². The molecule has 104 valence electrons. The molecular formula is C11H16N4O3S. The highest BCUT2D eigenvalue weighted by atomic mass is 32.2. The fraction of sp³-hybridized carbons (Fsp3) is 0.909. The summed E-state index contributed by atoms with van der Waals surface area (Å²) in [4.78, 5) is 14.2. The Morgan fingerprint density at radius 2 is 2.16 bits per heavy atom. The number of hydrogen-bond acceptors (Lipinski definition) is 3. The van der Waals surface area contributed by atoms with E-state index in [1.165, 1.54) is 0 Å². The van der Waals surface area contributed by atoms with Gasteiger partial charge in [-0.3, -0.25) is 4.79 Å². The second kappa shape index (κ2) is 3.43. The summed E-state index contributed by atoms with van der Waals surface area (Å²) in [6.07, 6.45) is 2.54. The Bertz CT molecular complexity index is 607. The minimum absolute atomic E-state index is 0.000848. The quantitative estimate of drug-likeness (QED) is 0.387. The molecule has 1 spiro atoms. The number of sulfonamides is 1. The molecule has 2 bridgehead atoms. The number of urea groups is 1. The van der Waals surface area contributed by atoms with Crippen LogP contribution in [0.1, 0.15) is 33.1 Å². The highest BCUT2D eigenvalue weighted by molar-refractivity contribution is 7.90. The monoisotopic (exact) mass is 284 g/mol. The lowest BCUT2D eigenvalue weighted by molar-refractivity contribution is 0.121. The molecule has 3 aliphatic rings. The Labute approximate surface area is 111 Å². The van der Waals surface area contributed by atoms with Crippen molar-refractivity contribution in [2.24, 2.45) is 21.9 Å². The number of carbonyl (C=O) groups excluding carboxylic acids is 1. The van der Waals surface area contributed by atoms with Crippen molar-refractivity contribution < 1.29 is 13.2 Å². The number of fused-ring (bicyclic) bond motifs is 1. The average molecular weight is 284 g/mol. The van der Waals surface area contributed by atoms with E-state index in [9.17, 15) is 13.2 Å². The molecule has 2 saturated carbocycles. The molecule has 3 fully saturated rings. The topological polar surface area (TPSA) is 103 Å². The van der Waals surface area contributed by atoms with Crippen LogP contribution in [0.3, 0.4) is 0 Å². The number of amides is 2. The minimum Gasteiger partial charge on any atom is -0.266 e. The van der Waals surface area contributed by atoms with E-state index in [0.29, 0.717) is 12.3 Å². The minimum atomic E-state index is -3.66. The van der Waals surface area contributed by atoms with Crippen LogP contribution < -0.4 is 0 Å². The molecule has 3 rings (SSSR count). The lowest BCUT2D eigenvalue weighted by atomic mass is 9.69. The van der Waals surface area contributed by atoms with Gasteiger partial charge in [0.25, 0.3) is 0 Å². The summed E-state index contributed by atoms with van der Waals surface area (Å²) in [6, 6.07) is -1.31. The Kier molecular flexibility index (Phi) is 2.30. The number of carbonyl (C=O) groups is 1. The Morgan fingerprint density at radius 3 is 2.74 bits per heavy atom. The van der Waals surface area contributed by atoms with Crippen LogP contribution in [0, 0.1) is 16.7 Å². The van der Waals surface area contributed by atoms with E-state index >= 15 is 0 Å². The van der Waals surface area contributed by atoms with Crippen molar-refractivity contribution in [2.75, 3.05) is 5.75 Å². The summed E-state index contributed by atoms with van der Waals surface area (Å²) in [7, 11) is -3.66. The lowest BCUT2D eigenvalue weighted by Crippen LogP contribution is -2.43. The second-order valence-electron chi connectivity index (χ2n) is 6.39. The largest absolute Gasteiger partial charge is 0.324 e. The maximum atomic E-state index is 12.3. The van der Waals surface area contributed by atoms with Gasteiger partial charge in [0.15, 0.2) is 0 Å². The van der Waals surface area contributed by atoms with Crippen molar-refractivity contribution in [3.05, 3.63) is 10.4 Å². The van der Waals surface area contributed by atoms with Crippen molar-refractivity contribution >= 4 is 16.1 Å². The Hall–Kier alpha value is -1.27. The third-order valence-corrected chi connectivity index (χ3v) is 7.62. The van der Waals surface area contributed by atoms with Gasteiger partial charge in [-0.1, -0.05) is 13.8 Å². The molecule has 2 amide bonds. The third kappa shape index (κ3) is 1.31. The van der Waals surface area contributed by atoms with Crippen LogP contribution >= 0.6 is 0 Å². The molecule has 1 saturated heterocycles. The van der Waals surface area contributed by atoms with E-state index in [1.807, 2.05) is 0 Å². The molecule has 0 aromatic heterocycles. The number of nitrogens with zero attached hydrogens (tertiary/aromatic N) is 4. The first-order valence-electron chi connectivity index (χ1n) is 6.37. The van der Waals surface area contributed by atoms with Crippen LogP contribution in [0.15, 0.2) is 5.11 Å². The van der Waals surface area contributed by atoms with E-state index in [4.69, 9.17) is 5.53 Å². The molecule has 2 aliphatic carbocycles. The van der Waals surface area contributed by atoms with E-state index < -0.39 is 16.1 Å². The van der Waals surface area contributed by atoms with Gasteiger partial charge in [0.2, 0.25) is 10.0 Å². The van der Waals surface area contributed by atoms with Gasteiger partial charge in [-0.2, -0.15) is 0 Å². The van der Waals surface area contributed by atoms with E-state index in [1.54, 1.807) is 0 Å². The summed E-state index contributed by atoms with van der Waals surface area (Å²) < 4.78 is 25.4. The fourth-order valence-electron chi connectivity index (χ4n) is 4.62. The summed E-state index contributed by atoms with van der Waals surface area (Å²) >= 11 is 0. The molecule has 19 heavy (non-hydrogen) atoms. The van der Waals surface area contributed by atoms with Crippen molar-refractivity contribution in [3.63, 3.8) is 0 Å². The maximum absolute atomic E-state index is 12.3. The molecule has 1 aliphatic heterocycles. The zero-order chi connectivity index (χ0) is 14.1. The van der Waals surface area contributed by atoms with Gasteiger partial charge < -0.3 is 0 Å². The summed E-state index contributed by atoms with van der Waals surface area (Å²) in [5.41, 5.74) is 7.91. The zero-order valence-electron chi connectivity index (χ0n) is 10.9. The highest BCUT2D eigenvalue weighted by Gasteiger charge is 2.72. The smallest absolute Gasteiger partial charge is 0.266 e. The molecular weight excluding hydrogens is 268 g/mol. The zero-order valence-corrected chi connectivity index (χ0v) is 11.7. The molecule has 3 atom stereocenters. The Balaban J connectivity index is 2.11. The first-order valence-corrected chi connectivity index (χ1v) is 7.98. The first-order chi connectivity index (χ1) is 8.76. The predicted molar refractivity (Wildman–Crippen MR) is 67.5 cm³/mol. The molecule has 1 heterocycles. The van der Waals surface area contributed by atoms with Crippen molar-refractivity contribution in [1.29, 1.82) is 0 Å². The van der Waals surface area contributed by atoms with Crippen LogP contribution in [0.5, 0.6) is 0 Å². The van der Waals surface area contributed by atoms with Crippen molar-refractivity contribution in [3.8, 4) is 0 Å². The van der Waals surface area contributed by atoms with Crippen LogP contribution in [0.25, 0.3) is 10.4 Å². The lowest BCUT2D eigenvalue weighted by Gasteiger charge is -2.36. The summed E-state index contributed by atoms with van der Waals surface area (Å²) in [6.45, 7) is 4.20. The number of rotatable bonds is 0. The van der Waals surface area contributed by atoms with Gasteiger partial charge in [0.1, 0.15) is 0 Å². The molecule has 0 radical (unpaired) electrons. The second-order valence-corrected chi connectivity index (χ2v) is 8.23. The first kappa shape index (κ1) is 12.7. The molecule has 8 heteroatoms. The molecule has 7 nitrogen and oxygen atoms in total. The SMILES string of the molecule is CC1(C)[C@@H]2CC[C@]13CS(=O)(=O)N(C(=O)N=[N+]=[N-])[C@@H]3C2. The van der Waals surface area contributed by atoms with Gasteiger partial charge >= 0.3 is 6.03 Å². The summed E-state index contributed by atoms with van der Waals surface area (Å²) in [5.74, 6) is 0.440. The van der Waals surface area contributed by atoms with Gasteiger partial charge in [0.05, 0.1) is 11.8 Å². The van der Waals surface area contributed by atoms with Crippen molar-refractivity contribution in [2.45, 2.75) is 39.2 Å². The fourth-order valence-corrected chi connectivity index (χ4v) is 7.07.